The minimum atomic E-state index is 0.267. The zero-order chi connectivity index (χ0) is 20.8. The average molecular weight is 399 g/mol. The van der Waals surface area contributed by atoms with Crippen LogP contribution < -0.4 is 0 Å². The van der Waals surface area contributed by atoms with Gasteiger partial charge < -0.3 is 4.57 Å². The fraction of sp³-hybridized carbons (Fsp3) is 0.741. The van der Waals surface area contributed by atoms with Crippen molar-refractivity contribution in [2.75, 3.05) is 0 Å². The van der Waals surface area contributed by atoms with Gasteiger partial charge in [0, 0.05) is 24.9 Å². The highest BCUT2D eigenvalue weighted by Gasteiger charge is 2.29. The van der Waals surface area contributed by atoms with Crippen molar-refractivity contribution in [1.82, 2.24) is 9.55 Å². The third kappa shape index (κ3) is 8.52. The number of imidazole rings is 1. The number of hydrogen-bond acceptors (Lipinski definition) is 1. The lowest BCUT2D eigenvalue weighted by Gasteiger charge is -2.32. The highest BCUT2D eigenvalue weighted by atomic mass is 15.1. The van der Waals surface area contributed by atoms with Crippen molar-refractivity contribution in [3.63, 3.8) is 0 Å². The molecule has 2 nitrogen and oxygen atoms in total. The first kappa shape index (κ1) is 24.0. The second-order valence-corrected chi connectivity index (χ2v) is 9.35. The predicted octanol–water partition coefficient (Wildman–Crippen LogP) is 8.60. The van der Waals surface area contributed by atoms with Gasteiger partial charge in [0.1, 0.15) is 5.82 Å². The van der Waals surface area contributed by atoms with Gasteiger partial charge in [-0.15, -0.1) is 0 Å². The van der Waals surface area contributed by atoms with E-state index in [0.717, 1.165) is 12.8 Å². The highest BCUT2D eigenvalue weighted by molar-refractivity contribution is 5.19. The molecule has 0 radical (unpaired) electrons. The zero-order valence-corrected chi connectivity index (χ0v) is 19.5. The normalized spacial score (nSPS) is 19.7. The number of hydrogen-bond donors (Lipinski definition) is 0. The van der Waals surface area contributed by atoms with E-state index in [-0.39, 0.29) is 5.41 Å². The lowest BCUT2D eigenvalue weighted by molar-refractivity contribution is 0.315. The molecule has 0 aliphatic heterocycles. The number of nitrogens with zero attached hydrogens (tertiary/aromatic N) is 2. The van der Waals surface area contributed by atoms with Crippen LogP contribution in [-0.2, 0) is 6.42 Å². The van der Waals surface area contributed by atoms with E-state index in [2.05, 4.69) is 55.8 Å². The van der Waals surface area contributed by atoms with Crippen molar-refractivity contribution in [3.8, 4) is 0 Å². The molecule has 0 aromatic carbocycles. The summed E-state index contributed by atoms with van der Waals surface area (Å²) in [5.74, 6) is 1.29. The standard InChI is InChI=1S/C27H46N2/c1-4-6-8-10-11-12-15-19-27(20-16-13-17-21-27)24-26-28-22-23-29(26)25(3)18-14-9-7-5-2/h13,16-17,20,22-23,25H,4-12,14-15,18-19,21,24H2,1-3H3. The molecule has 164 valence electrons. The molecule has 2 unspecified atom stereocenters. The molecule has 0 spiro atoms. The van der Waals surface area contributed by atoms with E-state index < -0.39 is 0 Å². The first-order valence-corrected chi connectivity index (χ1v) is 12.6. The quantitative estimate of drug-likeness (QED) is 0.255. The Bertz CT molecular complexity index is 597. The molecular weight excluding hydrogens is 352 g/mol. The van der Waals surface area contributed by atoms with Crippen LogP contribution >= 0.6 is 0 Å². The molecule has 0 bridgehead atoms. The fourth-order valence-electron chi connectivity index (χ4n) is 4.75. The van der Waals surface area contributed by atoms with Gasteiger partial charge in [0.05, 0.1) is 0 Å². The molecule has 2 rings (SSSR count). The van der Waals surface area contributed by atoms with Crippen LogP contribution in [0.15, 0.2) is 36.7 Å². The summed E-state index contributed by atoms with van der Waals surface area (Å²) in [6.07, 6.45) is 33.4. The minimum Gasteiger partial charge on any atom is -0.332 e. The van der Waals surface area contributed by atoms with E-state index in [1.54, 1.807) is 0 Å². The summed E-state index contributed by atoms with van der Waals surface area (Å²) in [5, 5.41) is 0. The lowest BCUT2D eigenvalue weighted by Crippen LogP contribution is -2.25. The molecule has 1 aromatic heterocycles. The molecule has 0 saturated heterocycles. The third-order valence-electron chi connectivity index (χ3n) is 6.71. The van der Waals surface area contributed by atoms with Crippen LogP contribution in [0, 0.1) is 5.41 Å². The summed E-state index contributed by atoms with van der Waals surface area (Å²) in [7, 11) is 0. The van der Waals surface area contributed by atoms with E-state index in [0.29, 0.717) is 6.04 Å². The van der Waals surface area contributed by atoms with Crippen LogP contribution in [-0.4, -0.2) is 9.55 Å². The predicted molar refractivity (Wildman–Crippen MR) is 127 cm³/mol. The van der Waals surface area contributed by atoms with E-state index in [4.69, 9.17) is 4.98 Å². The van der Waals surface area contributed by atoms with Gasteiger partial charge in [0.25, 0.3) is 0 Å². The van der Waals surface area contributed by atoms with Crippen molar-refractivity contribution in [3.05, 3.63) is 42.5 Å². The first-order chi connectivity index (χ1) is 14.2. The maximum absolute atomic E-state index is 4.80. The van der Waals surface area contributed by atoms with E-state index in [1.807, 2.05) is 6.20 Å². The van der Waals surface area contributed by atoms with Gasteiger partial charge in [-0.1, -0.05) is 109 Å². The van der Waals surface area contributed by atoms with Crippen molar-refractivity contribution in [1.29, 1.82) is 0 Å². The summed E-state index contributed by atoms with van der Waals surface area (Å²) in [4.78, 5) is 4.80. The zero-order valence-electron chi connectivity index (χ0n) is 19.5. The maximum Gasteiger partial charge on any atom is 0.109 e. The fourth-order valence-corrected chi connectivity index (χ4v) is 4.75. The van der Waals surface area contributed by atoms with Gasteiger partial charge in [-0.2, -0.15) is 0 Å². The Hall–Kier alpha value is -1.31. The molecule has 1 aliphatic carbocycles. The topological polar surface area (TPSA) is 17.8 Å². The molecule has 1 heterocycles. The summed E-state index contributed by atoms with van der Waals surface area (Å²) < 4.78 is 2.46. The Balaban J connectivity index is 1.89. The van der Waals surface area contributed by atoms with Gasteiger partial charge in [0.15, 0.2) is 0 Å². The molecule has 1 aliphatic rings. The third-order valence-corrected chi connectivity index (χ3v) is 6.71. The van der Waals surface area contributed by atoms with Crippen molar-refractivity contribution >= 4 is 0 Å². The molecule has 2 atom stereocenters. The summed E-state index contributed by atoms with van der Waals surface area (Å²) >= 11 is 0. The molecule has 0 N–H and O–H groups in total. The number of allylic oxidation sites excluding steroid dienone is 4. The van der Waals surface area contributed by atoms with E-state index in [9.17, 15) is 0 Å². The summed E-state index contributed by atoms with van der Waals surface area (Å²) in [6.45, 7) is 6.95. The molecule has 0 amide bonds. The average Bonchev–Trinajstić information content (AvgIpc) is 3.19. The summed E-state index contributed by atoms with van der Waals surface area (Å²) in [5.41, 5.74) is 0.267. The van der Waals surface area contributed by atoms with Crippen LogP contribution in [0.25, 0.3) is 0 Å². The van der Waals surface area contributed by atoms with Crippen molar-refractivity contribution < 1.29 is 0 Å². The molecule has 0 fully saturated rings. The Morgan fingerprint density at radius 3 is 2.31 bits per heavy atom. The van der Waals surface area contributed by atoms with Gasteiger partial charge in [-0.3, -0.25) is 0 Å². The van der Waals surface area contributed by atoms with Gasteiger partial charge in [-0.25, -0.2) is 4.98 Å². The Kier molecular flexibility index (Phi) is 11.4. The smallest absolute Gasteiger partial charge is 0.109 e. The molecule has 29 heavy (non-hydrogen) atoms. The maximum atomic E-state index is 4.80. The lowest BCUT2D eigenvalue weighted by atomic mass is 9.74. The Labute approximate surface area is 180 Å². The SMILES string of the molecule is CCCCCCCCCC1(Cc2nccn2C(C)CCCCCC)C=CC=CC1. The first-order valence-electron chi connectivity index (χ1n) is 12.6. The second kappa shape index (κ2) is 13.8. The molecule has 1 aromatic rings. The minimum absolute atomic E-state index is 0.267. The molecule has 0 saturated carbocycles. The molecular formula is C27H46N2. The monoisotopic (exact) mass is 398 g/mol. The van der Waals surface area contributed by atoms with E-state index in [1.165, 1.54) is 89.3 Å². The number of rotatable bonds is 16. The second-order valence-electron chi connectivity index (χ2n) is 9.35. The Morgan fingerprint density at radius 1 is 0.931 bits per heavy atom. The number of unbranched alkanes of at least 4 members (excludes halogenated alkanes) is 9. The van der Waals surface area contributed by atoms with E-state index >= 15 is 0 Å². The Morgan fingerprint density at radius 2 is 1.62 bits per heavy atom. The van der Waals surface area contributed by atoms with Crippen molar-refractivity contribution in [2.45, 2.75) is 123 Å². The number of aromatic nitrogens is 2. The van der Waals surface area contributed by atoms with Crippen LogP contribution in [0.5, 0.6) is 0 Å². The van der Waals surface area contributed by atoms with Gasteiger partial charge in [-0.05, 0) is 31.6 Å². The van der Waals surface area contributed by atoms with Crippen molar-refractivity contribution in [2.24, 2.45) is 5.41 Å². The largest absolute Gasteiger partial charge is 0.332 e. The van der Waals surface area contributed by atoms with Gasteiger partial charge >= 0.3 is 0 Å². The molecule has 2 heteroatoms. The van der Waals surface area contributed by atoms with Gasteiger partial charge in [0.2, 0.25) is 0 Å². The van der Waals surface area contributed by atoms with Crippen LogP contribution in [0.2, 0.25) is 0 Å². The van der Waals surface area contributed by atoms with Crippen LogP contribution in [0.1, 0.15) is 123 Å². The highest BCUT2D eigenvalue weighted by Crippen LogP contribution is 2.38. The van der Waals surface area contributed by atoms with Crippen LogP contribution in [0.4, 0.5) is 0 Å². The summed E-state index contributed by atoms with van der Waals surface area (Å²) in [6, 6.07) is 0.558. The van der Waals surface area contributed by atoms with Crippen LogP contribution in [0.3, 0.4) is 0 Å².